The molecular formula is C15H23N3O3. The molecule has 1 aromatic heterocycles. The molecule has 1 aliphatic heterocycles. The summed E-state index contributed by atoms with van der Waals surface area (Å²) in [5, 5.41) is 9.83. The van der Waals surface area contributed by atoms with Crippen LogP contribution in [0.15, 0.2) is 18.3 Å². The van der Waals surface area contributed by atoms with Crippen molar-refractivity contribution < 1.29 is 14.6 Å². The average molecular weight is 293 g/mol. The van der Waals surface area contributed by atoms with Crippen LogP contribution in [-0.4, -0.2) is 71.2 Å². The molecule has 0 aliphatic carbocycles. The van der Waals surface area contributed by atoms with Crippen molar-refractivity contribution in [1.82, 2.24) is 14.8 Å². The molecule has 0 spiro atoms. The number of nitrogens with zero attached hydrogens (tertiary/aromatic N) is 3. The molecule has 0 aromatic carbocycles. The standard InChI is InChI=1S/C15H23N3O3/c1-15(2,20)11-17-6-8-18(9-7-17)14(19)12-4-5-13(21-3)16-10-12/h4-5,10,20H,6-9,11H2,1-3H3. The Hall–Kier alpha value is -1.66. The number of aliphatic hydroxyl groups is 1. The van der Waals surface area contributed by atoms with Crippen LogP contribution >= 0.6 is 0 Å². The van der Waals surface area contributed by atoms with E-state index in [4.69, 9.17) is 4.74 Å². The molecule has 2 rings (SSSR count). The Labute approximate surface area is 125 Å². The number of β-amino-alcohol motifs (C(OH)–C–C–N with tert-alkyl or cyclic N) is 1. The van der Waals surface area contributed by atoms with Crippen LogP contribution in [0.5, 0.6) is 5.88 Å². The molecule has 116 valence electrons. The fourth-order valence-corrected chi connectivity index (χ4v) is 2.47. The van der Waals surface area contributed by atoms with Gasteiger partial charge in [-0.1, -0.05) is 0 Å². The summed E-state index contributed by atoms with van der Waals surface area (Å²) in [4.78, 5) is 20.4. The second-order valence-electron chi connectivity index (χ2n) is 5.97. The van der Waals surface area contributed by atoms with Crippen LogP contribution in [0.25, 0.3) is 0 Å². The van der Waals surface area contributed by atoms with Crippen LogP contribution < -0.4 is 4.74 Å². The zero-order valence-corrected chi connectivity index (χ0v) is 12.9. The van der Waals surface area contributed by atoms with Crippen molar-refractivity contribution in [1.29, 1.82) is 0 Å². The van der Waals surface area contributed by atoms with E-state index in [1.807, 2.05) is 4.90 Å². The number of carbonyl (C=O) groups is 1. The molecule has 1 saturated heterocycles. The van der Waals surface area contributed by atoms with Crippen LogP contribution in [0.4, 0.5) is 0 Å². The van der Waals surface area contributed by atoms with Crippen molar-refractivity contribution in [3.05, 3.63) is 23.9 Å². The average Bonchev–Trinajstić information content (AvgIpc) is 2.46. The topological polar surface area (TPSA) is 65.9 Å². The first-order valence-electron chi connectivity index (χ1n) is 7.13. The number of piperazine rings is 1. The zero-order chi connectivity index (χ0) is 15.5. The summed E-state index contributed by atoms with van der Waals surface area (Å²) >= 11 is 0. The van der Waals surface area contributed by atoms with Gasteiger partial charge in [-0.2, -0.15) is 0 Å². The Kier molecular flexibility index (Phi) is 4.80. The Bertz CT molecular complexity index is 474. The molecule has 0 bridgehead atoms. The lowest BCUT2D eigenvalue weighted by Crippen LogP contribution is -2.52. The van der Waals surface area contributed by atoms with E-state index in [9.17, 15) is 9.90 Å². The number of carbonyl (C=O) groups excluding carboxylic acids is 1. The highest BCUT2D eigenvalue weighted by atomic mass is 16.5. The van der Waals surface area contributed by atoms with E-state index < -0.39 is 5.60 Å². The van der Waals surface area contributed by atoms with Gasteiger partial charge in [-0.25, -0.2) is 4.98 Å². The summed E-state index contributed by atoms with van der Waals surface area (Å²) in [6.07, 6.45) is 1.55. The number of ether oxygens (including phenoxy) is 1. The third-order valence-electron chi connectivity index (χ3n) is 3.46. The molecule has 0 saturated carbocycles. The first-order chi connectivity index (χ1) is 9.89. The van der Waals surface area contributed by atoms with E-state index in [-0.39, 0.29) is 5.91 Å². The number of hydrogen-bond donors (Lipinski definition) is 1. The van der Waals surface area contributed by atoms with E-state index in [0.717, 1.165) is 13.1 Å². The number of hydrogen-bond acceptors (Lipinski definition) is 5. The van der Waals surface area contributed by atoms with Gasteiger partial charge in [0.25, 0.3) is 5.91 Å². The minimum Gasteiger partial charge on any atom is -0.481 e. The van der Waals surface area contributed by atoms with Crippen molar-refractivity contribution in [3.63, 3.8) is 0 Å². The lowest BCUT2D eigenvalue weighted by molar-refractivity contribution is 0.0178. The van der Waals surface area contributed by atoms with Crippen LogP contribution in [-0.2, 0) is 0 Å². The Balaban J connectivity index is 1.90. The number of amides is 1. The first kappa shape index (κ1) is 15.7. The fourth-order valence-electron chi connectivity index (χ4n) is 2.47. The van der Waals surface area contributed by atoms with Crippen LogP contribution in [0.3, 0.4) is 0 Å². The summed E-state index contributed by atoms with van der Waals surface area (Å²) in [7, 11) is 1.55. The van der Waals surface area contributed by atoms with Gasteiger partial charge in [0.1, 0.15) is 0 Å². The first-order valence-corrected chi connectivity index (χ1v) is 7.13. The predicted octanol–water partition coefficient (Wildman–Crippen LogP) is 0.619. The van der Waals surface area contributed by atoms with Gasteiger partial charge >= 0.3 is 0 Å². The van der Waals surface area contributed by atoms with Gasteiger partial charge in [0, 0.05) is 45.0 Å². The summed E-state index contributed by atoms with van der Waals surface area (Å²) < 4.78 is 4.99. The van der Waals surface area contributed by atoms with Gasteiger partial charge < -0.3 is 14.7 Å². The molecular weight excluding hydrogens is 270 g/mol. The quantitative estimate of drug-likeness (QED) is 0.881. The van der Waals surface area contributed by atoms with Gasteiger partial charge in [0.2, 0.25) is 5.88 Å². The Morgan fingerprint density at radius 1 is 1.33 bits per heavy atom. The molecule has 0 radical (unpaired) electrons. The monoisotopic (exact) mass is 293 g/mol. The molecule has 2 heterocycles. The summed E-state index contributed by atoms with van der Waals surface area (Å²) in [5.41, 5.74) is -0.127. The highest BCUT2D eigenvalue weighted by Gasteiger charge is 2.25. The summed E-state index contributed by atoms with van der Waals surface area (Å²) in [6.45, 7) is 7.11. The van der Waals surface area contributed by atoms with Crippen LogP contribution in [0, 0.1) is 0 Å². The molecule has 21 heavy (non-hydrogen) atoms. The highest BCUT2D eigenvalue weighted by molar-refractivity contribution is 5.94. The second kappa shape index (κ2) is 6.41. The smallest absolute Gasteiger partial charge is 0.255 e. The van der Waals surface area contributed by atoms with Crippen molar-refractivity contribution in [2.24, 2.45) is 0 Å². The molecule has 1 N–H and O–H groups in total. The van der Waals surface area contributed by atoms with Crippen LogP contribution in [0.1, 0.15) is 24.2 Å². The lowest BCUT2D eigenvalue weighted by Gasteiger charge is -2.37. The van der Waals surface area contributed by atoms with E-state index in [2.05, 4.69) is 9.88 Å². The second-order valence-corrected chi connectivity index (χ2v) is 5.97. The number of rotatable bonds is 4. The highest BCUT2D eigenvalue weighted by Crippen LogP contribution is 2.13. The minimum absolute atomic E-state index is 0.00642. The molecule has 1 aromatic rings. The summed E-state index contributed by atoms with van der Waals surface area (Å²) in [5.74, 6) is 0.495. The number of pyridine rings is 1. The van der Waals surface area contributed by atoms with Crippen molar-refractivity contribution >= 4 is 5.91 Å². The number of methoxy groups -OCH3 is 1. The maximum Gasteiger partial charge on any atom is 0.255 e. The van der Waals surface area contributed by atoms with E-state index in [1.165, 1.54) is 0 Å². The molecule has 0 unspecified atom stereocenters. The van der Waals surface area contributed by atoms with Crippen molar-refractivity contribution in [2.75, 3.05) is 39.8 Å². The Morgan fingerprint density at radius 3 is 2.48 bits per heavy atom. The third-order valence-corrected chi connectivity index (χ3v) is 3.46. The van der Waals surface area contributed by atoms with Gasteiger partial charge in [-0.15, -0.1) is 0 Å². The largest absolute Gasteiger partial charge is 0.481 e. The Morgan fingerprint density at radius 2 is 2.00 bits per heavy atom. The van der Waals surface area contributed by atoms with Gasteiger partial charge in [-0.05, 0) is 19.9 Å². The van der Waals surface area contributed by atoms with Gasteiger partial charge in [0.05, 0.1) is 18.3 Å². The normalized spacial score (nSPS) is 16.9. The SMILES string of the molecule is COc1ccc(C(=O)N2CCN(CC(C)(C)O)CC2)cn1. The molecule has 6 heteroatoms. The zero-order valence-electron chi connectivity index (χ0n) is 12.9. The van der Waals surface area contributed by atoms with E-state index in [1.54, 1.807) is 39.3 Å². The van der Waals surface area contributed by atoms with E-state index >= 15 is 0 Å². The lowest BCUT2D eigenvalue weighted by atomic mass is 10.1. The molecule has 6 nitrogen and oxygen atoms in total. The maximum absolute atomic E-state index is 12.4. The predicted molar refractivity (Wildman–Crippen MR) is 79.4 cm³/mol. The van der Waals surface area contributed by atoms with Gasteiger partial charge in [0.15, 0.2) is 0 Å². The minimum atomic E-state index is -0.702. The van der Waals surface area contributed by atoms with Gasteiger partial charge in [-0.3, -0.25) is 9.69 Å². The molecule has 1 aliphatic rings. The fraction of sp³-hybridized carbons (Fsp3) is 0.600. The van der Waals surface area contributed by atoms with Crippen LogP contribution in [0.2, 0.25) is 0 Å². The summed E-state index contributed by atoms with van der Waals surface area (Å²) in [6, 6.07) is 3.43. The van der Waals surface area contributed by atoms with Crippen molar-refractivity contribution in [2.45, 2.75) is 19.4 Å². The maximum atomic E-state index is 12.4. The molecule has 1 amide bonds. The molecule has 1 fully saturated rings. The third kappa shape index (κ3) is 4.41. The molecule has 0 atom stereocenters. The van der Waals surface area contributed by atoms with E-state index in [0.29, 0.717) is 31.1 Å². The number of aromatic nitrogens is 1. The van der Waals surface area contributed by atoms with Crippen molar-refractivity contribution in [3.8, 4) is 5.88 Å².